The number of anilines is 1. The molecule has 1 unspecified atom stereocenters. The first-order chi connectivity index (χ1) is 21.8. The molecule has 240 valence electrons. The lowest BCUT2D eigenvalue weighted by Gasteiger charge is -2.25. The molecule has 14 heteroatoms. The van der Waals surface area contributed by atoms with Gasteiger partial charge in [-0.1, -0.05) is 60.1 Å². The van der Waals surface area contributed by atoms with Crippen molar-refractivity contribution < 1.29 is 35.9 Å². The number of hydrogen-bond donors (Lipinski definition) is 2. The molecule has 0 fully saturated rings. The van der Waals surface area contributed by atoms with Crippen LogP contribution in [0.15, 0.2) is 113 Å². The van der Waals surface area contributed by atoms with Crippen LogP contribution in [0.5, 0.6) is 5.75 Å². The van der Waals surface area contributed by atoms with Crippen LogP contribution in [-0.4, -0.2) is 39.6 Å². The van der Waals surface area contributed by atoms with Gasteiger partial charge in [0, 0.05) is 0 Å². The van der Waals surface area contributed by atoms with Crippen molar-refractivity contribution in [2.24, 2.45) is 5.10 Å². The quantitative estimate of drug-likeness (QED) is 0.142. The number of rotatable bonds is 12. The van der Waals surface area contributed by atoms with Crippen molar-refractivity contribution in [1.29, 1.82) is 0 Å². The number of nitrogens with zero attached hydrogens (tertiary/aromatic N) is 2. The fourth-order valence-electron chi connectivity index (χ4n) is 4.15. The molecule has 0 aliphatic heterocycles. The van der Waals surface area contributed by atoms with E-state index in [1.165, 1.54) is 30.5 Å². The maximum Gasteiger partial charge on any atom is 0.416 e. The van der Waals surface area contributed by atoms with Crippen molar-refractivity contribution in [1.82, 2.24) is 10.7 Å². The molecule has 0 aromatic heterocycles. The third kappa shape index (κ3) is 9.08. The summed E-state index contributed by atoms with van der Waals surface area (Å²) in [7, 11) is -4.52. The Labute approximate surface area is 268 Å². The molecule has 4 rings (SSSR count). The molecular formula is C32H28ClF3N4O5S. The van der Waals surface area contributed by atoms with Gasteiger partial charge in [-0.15, -0.1) is 0 Å². The van der Waals surface area contributed by atoms with Crippen LogP contribution in [0.25, 0.3) is 0 Å². The minimum atomic E-state index is -4.79. The van der Waals surface area contributed by atoms with Gasteiger partial charge in [0.15, 0.2) is 6.61 Å². The second-order valence-electron chi connectivity index (χ2n) is 9.84. The predicted octanol–water partition coefficient (Wildman–Crippen LogP) is 5.96. The summed E-state index contributed by atoms with van der Waals surface area (Å²) >= 11 is 6.14. The summed E-state index contributed by atoms with van der Waals surface area (Å²) in [5, 5.41) is 6.36. The number of ether oxygens (including phenoxy) is 1. The standard InChI is InChI=1S/C32H28ClF3N4O5S/c1-22(24-8-4-2-5-9-24)38-31(42)21-45-26-15-12-23(13-16-26)19-37-39-30(41)20-40(46(43,44)27-10-6-3-7-11-27)29-18-25(32(34,35)36)14-17-28(29)33/h2-19,22H,20-21H2,1H3,(H,38,42)(H,39,41)/b37-19+. The molecule has 0 heterocycles. The first kappa shape index (κ1) is 34.0. The third-order valence-corrected chi connectivity index (χ3v) is 8.58. The number of nitrogens with one attached hydrogen (secondary N) is 2. The first-order valence-corrected chi connectivity index (χ1v) is 15.5. The monoisotopic (exact) mass is 672 g/mol. The average molecular weight is 673 g/mol. The van der Waals surface area contributed by atoms with Crippen LogP contribution < -0.4 is 19.8 Å². The smallest absolute Gasteiger partial charge is 0.416 e. The highest BCUT2D eigenvalue weighted by molar-refractivity contribution is 7.92. The van der Waals surface area contributed by atoms with Crippen LogP contribution >= 0.6 is 11.6 Å². The van der Waals surface area contributed by atoms with Crippen molar-refractivity contribution in [3.05, 3.63) is 125 Å². The van der Waals surface area contributed by atoms with Crippen molar-refractivity contribution >= 4 is 45.3 Å². The zero-order chi connectivity index (χ0) is 33.3. The van der Waals surface area contributed by atoms with Gasteiger partial charge in [-0.25, -0.2) is 13.8 Å². The molecule has 0 aliphatic carbocycles. The normalized spacial score (nSPS) is 12.4. The highest BCUT2D eigenvalue weighted by atomic mass is 35.5. The lowest BCUT2D eigenvalue weighted by Crippen LogP contribution is -2.40. The number of halogens is 4. The summed E-state index contributed by atoms with van der Waals surface area (Å²) < 4.78 is 73.3. The summed E-state index contributed by atoms with van der Waals surface area (Å²) in [6, 6.07) is 24.7. The molecule has 1 atom stereocenters. The number of sulfonamides is 1. The van der Waals surface area contributed by atoms with Crippen LogP contribution in [0.3, 0.4) is 0 Å². The Bertz CT molecular complexity index is 1790. The average Bonchev–Trinajstić information content (AvgIpc) is 3.04. The largest absolute Gasteiger partial charge is 0.484 e. The van der Waals surface area contributed by atoms with E-state index in [0.717, 1.165) is 11.6 Å². The Morgan fingerprint density at radius 3 is 2.20 bits per heavy atom. The Kier molecular flexibility index (Phi) is 11.0. The number of carbonyl (C=O) groups excluding carboxylic acids is 2. The van der Waals surface area contributed by atoms with E-state index in [4.69, 9.17) is 16.3 Å². The number of amides is 2. The minimum Gasteiger partial charge on any atom is -0.484 e. The maximum absolute atomic E-state index is 13.5. The van der Waals surface area contributed by atoms with E-state index in [9.17, 15) is 31.2 Å². The van der Waals surface area contributed by atoms with Crippen molar-refractivity contribution in [3.8, 4) is 5.75 Å². The van der Waals surface area contributed by atoms with Gasteiger partial charge >= 0.3 is 6.18 Å². The van der Waals surface area contributed by atoms with Crippen molar-refractivity contribution in [2.45, 2.75) is 24.0 Å². The van der Waals surface area contributed by atoms with Crippen LogP contribution in [-0.2, 0) is 25.8 Å². The van der Waals surface area contributed by atoms with E-state index in [1.54, 1.807) is 30.3 Å². The lowest BCUT2D eigenvalue weighted by molar-refractivity contribution is -0.137. The third-order valence-electron chi connectivity index (χ3n) is 6.49. The number of alkyl halides is 3. The molecule has 0 spiro atoms. The molecule has 2 N–H and O–H groups in total. The van der Waals surface area contributed by atoms with E-state index >= 15 is 0 Å². The molecule has 0 saturated heterocycles. The van der Waals surface area contributed by atoms with Crippen molar-refractivity contribution in [3.63, 3.8) is 0 Å². The van der Waals surface area contributed by atoms with Crippen LogP contribution in [0.4, 0.5) is 18.9 Å². The lowest BCUT2D eigenvalue weighted by atomic mass is 10.1. The molecule has 4 aromatic rings. The zero-order valence-electron chi connectivity index (χ0n) is 24.2. The summed E-state index contributed by atoms with van der Waals surface area (Å²) in [5.41, 5.74) is 1.98. The highest BCUT2D eigenvalue weighted by Crippen LogP contribution is 2.37. The number of hydrogen-bond acceptors (Lipinski definition) is 6. The van der Waals surface area contributed by atoms with E-state index in [0.29, 0.717) is 27.8 Å². The number of benzene rings is 4. The Morgan fingerprint density at radius 2 is 1.57 bits per heavy atom. The van der Waals surface area contributed by atoms with Gasteiger partial charge in [-0.05, 0) is 72.6 Å². The summed E-state index contributed by atoms with van der Waals surface area (Å²) in [5.74, 6) is -0.845. The van der Waals surface area contributed by atoms with Crippen molar-refractivity contribution in [2.75, 3.05) is 17.5 Å². The maximum atomic E-state index is 13.5. The Morgan fingerprint density at radius 1 is 0.935 bits per heavy atom. The van der Waals surface area contributed by atoms with E-state index in [2.05, 4.69) is 15.8 Å². The second-order valence-corrected chi connectivity index (χ2v) is 12.1. The molecule has 46 heavy (non-hydrogen) atoms. The molecule has 0 radical (unpaired) electrons. The molecule has 0 bridgehead atoms. The van der Waals surface area contributed by atoms with Gasteiger partial charge in [0.1, 0.15) is 12.3 Å². The van der Waals surface area contributed by atoms with E-state index in [-0.39, 0.29) is 28.5 Å². The van der Waals surface area contributed by atoms with Gasteiger partial charge in [0.25, 0.3) is 21.8 Å². The zero-order valence-corrected chi connectivity index (χ0v) is 25.8. The van der Waals surface area contributed by atoms with Gasteiger partial charge in [0.05, 0.1) is 33.4 Å². The molecule has 2 amide bonds. The molecule has 0 aliphatic rings. The van der Waals surface area contributed by atoms with Gasteiger partial charge < -0.3 is 10.1 Å². The molecule has 4 aromatic carbocycles. The van der Waals surface area contributed by atoms with Gasteiger partial charge in [0.2, 0.25) is 0 Å². The predicted molar refractivity (Wildman–Crippen MR) is 168 cm³/mol. The molecule has 0 saturated carbocycles. The molecule has 9 nitrogen and oxygen atoms in total. The Hall–Kier alpha value is -4.88. The summed E-state index contributed by atoms with van der Waals surface area (Å²) in [6.45, 7) is 0.729. The second kappa shape index (κ2) is 14.9. The SMILES string of the molecule is CC(NC(=O)COc1ccc(/C=N/NC(=O)CN(c2cc(C(F)(F)F)ccc2Cl)S(=O)(=O)c2ccccc2)cc1)c1ccccc1. The van der Waals surface area contributed by atoms with Crippen LogP contribution in [0.2, 0.25) is 5.02 Å². The topological polar surface area (TPSA) is 117 Å². The van der Waals surface area contributed by atoms with E-state index in [1.807, 2.05) is 37.3 Å². The van der Waals surface area contributed by atoms with Gasteiger partial charge in [-0.3, -0.25) is 13.9 Å². The number of carbonyl (C=O) groups is 2. The first-order valence-electron chi connectivity index (χ1n) is 13.7. The molecular weight excluding hydrogens is 645 g/mol. The summed E-state index contributed by atoms with van der Waals surface area (Å²) in [6.07, 6.45) is -3.52. The summed E-state index contributed by atoms with van der Waals surface area (Å²) in [4.78, 5) is 24.8. The minimum absolute atomic E-state index is 0.196. The Balaban J connectivity index is 1.39. The fraction of sp³-hybridized carbons (Fsp3) is 0.156. The highest BCUT2D eigenvalue weighted by Gasteiger charge is 2.34. The van der Waals surface area contributed by atoms with Gasteiger partial charge in [-0.2, -0.15) is 18.3 Å². The van der Waals surface area contributed by atoms with Crippen LogP contribution in [0.1, 0.15) is 29.7 Å². The fourth-order valence-corrected chi connectivity index (χ4v) is 5.87. The van der Waals surface area contributed by atoms with E-state index < -0.39 is 39.9 Å². The number of hydrazone groups is 1. The van der Waals surface area contributed by atoms with Crippen LogP contribution in [0, 0.1) is 0 Å².